The number of carbonyl (C=O) groups excluding carboxylic acids is 2. The molecule has 1 aromatic carbocycles. The number of rotatable bonds is 1. The van der Waals surface area contributed by atoms with Gasteiger partial charge in [-0.05, 0) is 37.2 Å². The molecule has 4 rings (SSSR count). The molecule has 0 amide bonds. The van der Waals surface area contributed by atoms with Gasteiger partial charge in [-0.1, -0.05) is 0 Å². The first-order chi connectivity index (χ1) is 11.0. The van der Waals surface area contributed by atoms with Gasteiger partial charge in [0.2, 0.25) is 5.91 Å². The third-order valence-corrected chi connectivity index (χ3v) is 5.07. The minimum Gasteiger partial charge on any atom is -0.469 e. The van der Waals surface area contributed by atoms with Gasteiger partial charge in [-0.2, -0.15) is 0 Å². The van der Waals surface area contributed by atoms with Crippen molar-refractivity contribution in [1.29, 1.82) is 0 Å². The molecule has 0 saturated carbocycles. The first-order valence-electron chi connectivity index (χ1n) is 7.67. The van der Waals surface area contributed by atoms with Crippen molar-refractivity contribution in [2.24, 2.45) is 5.92 Å². The lowest BCUT2D eigenvalue weighted by Gasteiger charge is -2.40. The number of carbonyl (C=O) groups is 2. The van der Waals surface area contributed by atoms with E-state index in [0.29, 0.717) is 0 Å². The number of methoxy groups -OCH3 is 1. The Morgan fingerprint density at radius 3 is 2.91 bits per heavy atom. The van der Waals surface area contributed by atoms with Crippen LogP contribution in [0, 0.1) is 11.7 Å². The zero-order valence-corrected chi connectivity index (χ0v) is 13.0. The van der Waals surface area contributed by atoms with Gasteiger partial charge in [-0.25, -0.2) is 4.39 Å². The Hall–Kier alpha value is -2.21. The summed E-state index contributed by atoms with van der Waals surface area (Å²) < 4.78 is 20.3. The van der Waals surface area contributed by atoms with Crippen molar-refractivity contribution in [1.82, 2.24) is 9.47 Å². The number of aromatic nitrogens is 1. The number of nitrogens with zero attached hydrogens (tertiary/aromatic N) is 2. The third kappa shape index (κ3) is 1.88. The summed E-state index contributed by atoms with van der Waals surface area (Å²) in [6.07, 6.45) is 0.839. The Morgan fingerprint density at radius 1 is 1.39 bits per heavy atom. The van der Waals surface area contributed by atoms with E-state index in [1.54, 1.807) is 10.6 Å². The van der Waals surface area contributed by atoms with Gasteiger partial charge >= 0.3 is 5.97 Å². The lowest BCUT2D eigenvalue weighted by Crippen LogP contribution is -2.45. The quantitative estimate of drug-likeness (QED) is 0.757. The third-order valence-electron chi connectivity index (χ3n) is 5.07. The number of ether oxygens (including phenoxy) is 1. The highest BCUT2D eigenvalue weighted by molar-refractivity contribution is 5.99. The first kappa shape index (κ1) is 14.4. The second-order valence-electron chi connectivity index (χ2n) is 6.26. The number of halogens is 1. The molecule has 120 valence electrons. The summed E-state index contributed by atoms with van der Waals surface area (Å²) in [5.41, 5.74) is 2.53. The summed E-state index contributed by atoms with van der Waals surface area (Å²) in [5, 5.41) is 0.775. The average Bonchev–Trinajstić information content (AvgIpc) is 2.86. The van der Waals surface area contributed by atoms with Crippen LogP contribution in [-0.2, 0) is 16.0 Å². The Kier molecular flexibility index (Phi) is 3.06. The van der Waals surface area contributed by atoms with Crippen molar-refractivity contribution in [2.45, 2.75) is 18.9 Å². The van der Waals surface area contributed by atoms with Crippen molar-refractivity contribution >= 4 is 22.8 Å². The van der Waals surface area contributed by atoms with E-state index in [4.69, 9.17) is 4.74 Å². The molecular formula is C17H17FN2O3. The maximum absolute atomic E-state index is 13.7. The SMILES string of the molecule is COC(=O)C1CC(=O)n2c3c(c4cc(F)ccc42)CCN(C)C31. The number of hydrogen-bond acceptors (Lipinski definition) is 4. The van der Waals surface area contributed by atoms with Gasteiger partial charge in [-0.3, -0.25) is 19.1 Å². The van der Waals surface area contributed by atoms with Crippen LogP contribution in [0.15, 0.2) is 18.2 Å². The Labute approximate surface area is 132 Å². The molecule has 2 aliphatic rings. The van der Waals surface area contributed by atoms with E-state index in [1.807, 2.05) is 7.05 Å². The molecular weight excluding hydrogens is 299 g/mol. The molecule has 6 heteroatoms. The highest BCUT2D eigenvalue weighted by Crippen LogP contribution is 2.44. The van der Waals surface area contributed by atoms with Crippen molar-refractivity contribution < 1.29 is 18.7 Å². The molecule has 2 atom stereocenters. The molecule has 0 spiro atoms. The van der Waals surface area contributed by atoms with Crippen LogP contribution in [0.25, 0.3) is 10.9 Å². The normalized spacial score (nSPS) is 23.9. The molecule has 2 aliphatic heterocycles. The molecule has 1 aromatic heterocycles. The average molecular weight is 316 g/mol. The monoisotopic (exact) mass is 316 g/mol. The predicted octanol–water partition coefficient (Wildman–Crippen LogP) is 2.14. The fourth-order valence-corrected chi connectivity index (χ4v) is 4.08. The van der Waals surface area contributed by atoms with E-state index in [0.717, 1.165) is 35.1 Å². The van der Waals surface area contributed by atoms with Crippen LogP contribution in [0.3, 0.4) is 0 Å². The van der Waals surface area contributed by atoms with Crippen LogP contribution in [0.4, 0.5) is 4.39 Å². The molecule has 0 bridgehead atoms. The largest absolute Gasteiger partial charge is 0.469 e. The van der Waals surface area contributed by atoms with Gasteiger partial charge in [0.05, 0.1) is 24.6 Å². The standard InChI is InChI=1S/C17H17FN2O3/c1-19-6-5-10-11-7-9(18)3-4-13(11)20-14(21)8-12(17(22)23-2)15(19)16(10)20/h3-4,7,12,15H,5-6,8H2,1-2H3. The van der Waals surface area contributed by atoms with E-state index >= 15 is 0 Å². The maximum atomic E-state index is 13.7. The number of esters is 1. The van der Waals surface area contributed by atoms with E-state index in [-0.39, 0.29) is 30.2 Å². The summed E-state index contributed by atoms with van der Waals surface area (Å²) >= 11 is 0. The summed E-state index contributed by atoms with van der Waals surface area (Å²) in [4.78, 5) is 26.9. The molecule has 0 saturated heterocycles. The van der Waals surface area contributed by atoms with E-state index in [1.165, 1.54) is 19.2 Å². The molecule has 2 unspecified atom stereocenters. The van der Waals surface area contributed by atoms with Crippen molar-refractivity contribution in [2.75, 3.05) is 20.7 Å². The van der Waals surface area contributed by atoms with Gasteiger partial charge < -0.3 is 4.74 Å². The molecule has 5 nitrogen and oxygen atoms in total. The zero-order chi connectivity index (χ0) is 16.3. The lowest BCUT2D eigenvalue weighted by molar-refractivity contribution is -0.148. The smallest absolute Gasteiger partial charge is 0.311 e. The van der Waals surface area contributed by atoms with Crippen molar-refractivity contribution in [3.8, 4) is 0 Å². The molecule has 0 fully saturated rings. The van der Waals surface area contributed by atoms with Crippen LogP contribution >= 0.6 is 0 Å². The second-order valence-corrected chi connectivity index (χ2v) is 6.26. The van der Waals surface area contributed by atoms with Crippen molar-refractivity contribution in [3.05, 3.63) is 35.3 Å². The maximum Gasteiger partial charge on any atom is 0.311 e. The summed E-state index contributed by atoms with van der Waals surface area (Å²) in [6.45, 7) is 0.759. The van der Waals surface area contributed by atoms with Gasteiger partial charge in [0, 0.05) is 24.0 Å². The molecule has 3 heterocycles. The molecule has 0 N–H and O–H groups in total. The first-order valence-corrected chi connectivity index (χ1v) is 7.67. The summed E-state index contributed by atoms with van der Waals surface area (Å²) in [5.74, 6) is -1.34. The molecule has 23 heavy (non-hydrogen) atoms. The summed E-state index contributed by atoms with van der Waals surface area (Å²) in [7, 11) is 3.29. The lowest BCUT2D eigenvalue weighted by atomic mass is 9.84. The van der Waals surface area contributed by atoms with Crippen LogP contribution in [0.1, 0.15) is 28.5 Å². The van der Waals surface area contributed by atoms with Gasteiger partial charge in [0.1, 0.15) is 5.82 Å². The van der Waals surface area contributed by atoms with E-state index < -0.39 is 5.92 Å². The summed E-state index contributed by atoms with van der Waals surface area (Å²) in [6, 6.07) is 4.30. The molecule has 0 radical (unpaired) electrons. The van der Waals surface area contributed by atoms with Gasteiger partial charge in [0.25, 0.3) is 0 Å². The Bertz CT molecular complexity index is 842. The van der Waals surface area contributed by atoms with Crippen LogP contribution in [0.2, 0.25) is 0 Å². The number of likely N-dealkylation sites (N-methyl/N-ethyl adjacent to an activating group) is 1. The Balaban J connectivity index is 2.03. The predicted molar refractivity (Wildman–Crippen MR) is 81.7 cm³/mol. The highest BCUT2D eigenvalue weighted by atomic mass is 19.1. The van der Waals surface area contributed by atoms with E-state index in [2.05, 4.69) is 4.90 Å². The van der Waals surface area contributed by atoms with Crippen molar-refractivity contribution in [3.63, 3.8) is 0 Å². The highest BCUT2D eigenvalue weighted by Gasteiger charge is 2.45. The number of benzene rings is 1. The Morgan fingerprint density at radius 2 is 2.17 bits per heavy atom. The topological polar surface area (TPSA) is 51.5 Å². The van der Waals surface area contributed by atoms with Crippen LogP contribution in [-0.4, -0.2) is 42.0 Å². The fraction of sp³-hybridized carbons (Fsp3) is 0.412. The molecule has 0 aliphatic carbocycles. The zero-order valence-electron chi connectivity index (χ0n) is 13.0. The number of hydrogen-bond donors (Lipinski definition) is 0. The van der Waals surface area contributed by atoms with Gasteiger partial charge in [0.15, 0.2) is 0 Å². The van der Waals surface area contributed by atoms with E-state index in [9.17, 15) is 14.0 Å². The molecule has 2 aromatic rings. The minimum absolute atomic E-state index is 0.106. The minimum atomic E-state index is -0.516. The van der Waals surface area contributed by atoms with Crippen LogP contribution < -0.4 is 0 Å². The van der Waals surface area contributed by atoms with Crippen LogP contribution in [0.5, 0.6) is 0 Å². The number of fused-ring (bicyclic) bond motifs is 3. The van der Waals surface area contributed by atoms with Gasteiger partial charge in [-0.15, -0.1) is 0 Å². The second kappa shape index (κ2) is 4.89. The fourth-order valence-electron chi connectivity index (χ4n) is 4.08.